The minimum Gasteiger partial charge on any atom is -0.274 e. The number of carbonyl (C=O) groups excluding carboxylic acids is 4. The molecule has 0 spiro atoms. The average Bonchev–Trinajstić information content (AvgIpc) is 3.24. The molecule has 3 aliphatic heterocycles. The quantitative estimate of drug-likeness (QED) is 0.262. The molecule has 0 aliphatic carbocycles. The Morgan fingerprint density at radius 1 is 0.886 bits per heavy atom. The van der Waals surface area contributed by atoms with E-state index in [1.54, 1.807) is 23.9 Å². The molecule has 0 bridgehead atoms. The van der Waals surface area contributed by atoms with Crippen molar-refractivity contribution in [2.24, 2.45) is 11.8 Å². The molecule has 0 radical (unpaired) electrons. The number of amides is 4. The van der Waals surface area contributed by atoms with E-state index in [1.165, 1.54) is 15.9 Å². The molecule has 6 nitrogen and oxygen atoms in total. The summed E-state index contributed by atoms with van der Waals surface area (Å²) in [7, 11) is 0. The highest BCUT2D eigenvalue weighted by atomic mass is 32.2. The largest absolute Gasteiger partial charge is 0.274 e. The molecule has 9 heteroatoms. The van der Waals surface area contributed by atoms with Gasteiger partial charge in [-0.15, -0.1) is 11.8 Å². The van der Waals surface area contributed by atoms with E-state index in [9.17, 15) is 19.2 Å². The number of nitrogens with zero attached hydrogens (tertiary/aromatic N) is 2. The van der Waals surface area contributed by atoms with Gasteiger partial charge >= 0.3 is 0 Å². The van der Waals surface area contributed by atoms with Crippen molar-refractivity contribution in [1.29, 1.82) is 0 Å². The predicted molar refractivity (Wildman–Crippen MR) is 147 cm³/mol. The summed E-state index contributed by atoms with van der Waals surface area (Å²) in [5.41, 5.74) is -0.998. The van der Waals surface area contributed by atoms with E-state index in [-0.39, 0.29) is 35.5 Å². The summed E-state index contributed by atoms with van der Waals surface area (Å²) >= 11 is 5.31. The van der Waals surface area contributed by atoms with Crippen molar-refractivity contribution in [2.45, 2.75) is 71.4 Å². The van der Waals surface area contributed by atoms with Crippen LogP contribution in [0.1, 0.15) is 60.3 Å². The predicted octanol–water partition coefficient (Wildman–Crippen LogP) is 4.75. The van der Waals surface area contributed by atoms with Gasteiger partial charge in [0, 0.05) is 39.6 Å². The summed E-state index contributed by atoms with van der Waals surface area (Å²) in [5, 5.41) is 0. The molecule has 0 aromatic rings. The van der Waals surface area contributed by atoms with Gasteiger partial charge in [0.25, 0.3) is 11.8 Å². The molecule has 194 valence electrons. The maximum Gasteiger partial charge on any atom is 0.254 e. The summed E-state index contributed by atoms with van der Waals surface area (Å²) < 4.78 is 0. The molecule has 1 saturated heterocycles. The van der Waals surface area contributed by atoms with Crippen molar-refractivity contribution in [1.82, 2.24) is 9.80 Å². The van der Waals surface area contributed by atoms with Crippen LogP contribution in [0.4, 0.5) is 0 Å². The minimum atomic E-state index is -0.504. The number of imide groups is 2. The van der Waals surface area contributed by atoms with E-state index in [1.807, 2.05) is 58.1 Å². The smallest absolute Gasteiger partial charge is 0.254 e. The van der Waals surface area contributed by atoms with E-state index in [0.29, 0.717) is 6.42 Å². The van der Waals surface area contributed by atoms with E-state index < -0.39 is 11.1 Å². The first kappa shape index (κ1) is 28.4. The van der Waals surface area contributed by atoms with Crippen molar-refractivity contribution >= 4 is 58.9 Å². The second-order valence-corrected chi connectivity index (χ2v) is 14.1. The molecule has 35 heavy (non-hydrogen) atoms. The highest BCUT2D eigenvalue weighted by Gasteiger charge is 2.44. The van der Waals surface area contributed by atoms with Crippen LogP contribution in [0.2, 0.25) is 0 Å². The van der Waals surface area contributed by atoms with Crippen molar-refractivity contribution in [3.05, 3.63) is 23.1 Å². The van der Waals surface area contributed by atoms with Crippen LogP contribution in [0.15, 0.2) is 23.1 Å². The average molecular weight is 539 g/mol. The number of rotatable bonds is 12. The van der Waals surface area contributed by atoms with Gasteiger partial charge in [-0.1, -0.05) is 13.0 Å². The van der Waals surface area contributed by atoms with Crippen LogP contribution < -0.4 is 0 Å². The fourth-order valence-electron chi connectivity index (χ4n) is 4.70. The summed E-state index contributed by atoms with van der Waals surface area (Å²) in [6, 6.07) is 0. The first-order chi connectivity index (χ1) is 16.5. The van der Waals surface area contributed by atoms with Crippen LogP contribution in [0.5, 0.6) is 0 Å². The molecular weight excluding hydrogens is 500 g/mol. The van der Waals surface area contributed by atoms with Crippen LogP contribution in [-0.2, 0) is 19.2 Å². The van der Waals surface area contributed by atoms with Crippen molar-refractivity contribution in [2.75, 3.05) is 28.8 Å². The van der Waals surface area contributed by atoms with Crippen molar-refractivity contribution in [3.8, 4) is 0 Å². The SMILES string of the molecule is CCC1C=CC(=O)N(C(C)(C)CCSCCSCCC(C)(C)N2C(=O)C=C3SCCC3C2=O)C1=O. The van der Waals surface area contributed by atoms with Gasteiger partial charge in [0.2, 0.25) is 11.8 Å². The highest BCUT2D eigenvalue weighted by molar-refractivity contribution is 8.03. The fraction of sp³-hybridized carbons (Fsp3) is 0.692. The maximum absolute atomic E-state index is 12.9. The molecule has 0 saturated carbocycles. The lowest BCUT2D eigenvalue weighted by atomic mass is 9.92. The molecule has 3 rings (SSSR count). The van der Waals surface area contributed by atoms with Gasteiger partial charge in [-0.25, -0.2) is 0 Å². The first-order valence-corrected chi connectivity index (χ1v) is 15.7. The van der Waals surface area contributed by atoms with Gasteiger partial charge in [-0.3, -0.25) is 29.0 Å². The van der Waals surface area contributed by atoms with Crippen LogP contribution in [0.3, 0.4) is 0 Å². The van der Waals surface area contributed by atoms with Gasteiger partial charge in [-0.2, -0.15) is 23.5 Å². The maximum atomic E-state index is 12.9. The molecule has 2 unspecified atom stereocenters. The van der Waals surface area contributed by atoms with Crippen molar-refractivity contribution in [3.63, 3.8) is 0 Å². The zero-order chi connectivity index (χ0) is 25.8. The summed E-state index contributed by atoms with van der Waals surface area (Å²) in [5.74, 6) is 3.81. The molecule has 3 aliphatic rings. The monoisotopic (exact) mass is 538 g/mol. The summed E-state index contributed by atoms with van der Waals surface area (Å²) in [6.45, 7) is 9.88. The Balaban J connectivity index is 1.36. The van der Waals surface area contributed by atoms with Gasteiger partial charge in [-0.05, 0) is 70.6 Å². The zero-order valence-corrected chi connectivity index (χ0v) is 24.0. The van der Waals surface area contributed by atoms with E-state index in [4.69, 9.17) is 0 Å². The van der Waals surface area contributed by atoms with Crippen LogP contribution in [0, 0.1) is 11.8 Å². The third-order valence-electron chi connectivity index (χ3n) is 6.99. The number of hydrogen-bond acceptors (Lipinski definition) is 7. The molecule has 0 aromatic heterocycles. The molecule has 4 amide bonds. The Kier molecular flexibility index (Phi) is 9.65. The molecule has 1 fully saturated rings. The van der Waals surface area contributed by atoms with Gasteiger partial charge in [0.15, 0.2) is 0 Å². The second-order valence-electron chi connectivity index (χ2n) is 10.5. The Bertz CT molecular complexity index is 912. The van der Waals surface area contributed by atoms with Gasteiger partial charge < -0.3 is 0 Å². The summed E-state index contributed by atoms with van der Waals surface area (Å²) in [6.07, 6.45) is 7.98. The normalized spacial score (nSPS) is 23.3. The third kappa shape index (κ3) is 6.58. The van der Waals surface area contributed by atoms with Gasteiger partial charge in [0.1, 0.15) is 0 Å². The molecule has 2 atom stereocenters. The first-order valence-electron chi connectivity index (χ1n) is 12.4. The molecule has 0 N–H and O–H groups in total. The minimum absolute atomic E-state index is 0.0305. The Hall–Kier alpha value is -1.19. The van der Waals surface area contributed by atoms with E-state index in [0.717, 1.165) is 52.9 Å². The van der Waals surface area contributed by atoms with Crippen LogP contribution >= 0.6 is 35.3 Å². The standard InChI is InChI=1S/C26H38N2O4S3/c1-6-18-7-8-21(29)27(23(18)31)25(2,3)10-13-33-15-16-34-14-11-26(4,5)28-22(30)17-20-19(24(28)32)9-12-35-20/h7-8,17-19H,6,9-16H2,1-5H3. The third-order valence-corrected chi connectivity index (χ3v) is 10.4. The molecular formula is C26H38N2O4S3. The topological polar surface area (TPSA) is 74.8 Å². The number of thioether (sulfide) groups is 3. The van der Waals surface area contributed by atoms with Crippen molar-refractivity contribution < 1.29 is 19.2 Å². The fourth-order valence-corrected chi connectivity index (χ4v) is 8.53. The van der Waals surface area contributed by atoms with Crippen LogP contribution in [-0.4, -0.2) is 73.3 Å². The lowest BCUT2D eigenvalue weighted by molar-refractivity contribution is -0.153. The van der Waals surface area contributed by atoms with E-state index >= 15 is 0 Å². The highest BCUT2D eigenvalue weighted by Crippen LogP contribution is 2.42. The number of fused-ring (bicyclic) bond motifs is 1. The lowest BCUT2D eigenvalue weighted by Crippen LogP contribution is -2.54. The van der Waals surface area contributed by atoms with E-state index in [2.05, 4.69) is 0 Å². The summed E-state index contributed by atoms with van der Waals surface area (Å²) in [4.78, 5) is 54.5. The Morgan fingerprint density at radius 3 is 2.03 bits per heavy atom. The van der Waals surface area contributed by atoms with Crippen LogP contribution in [0.25, 0.3) is 0 Å². The Labute approximate surface area is 222 Å². The second kappa shape index (κ2) is 11.9. The molecule has 3 heterocycles. The zero-order valence-electron chi connectivity index (χ0n) is 21.5. The number of hydrogen-bond donors (Lipinski definition) is 0. The van der Waals surface area contributed by atoms with Gasteiger partial charge in [0.05, 0.1) is 11.8 Å². The number of carbonyl (C=O) groups is 4. The Morgan fingerprint density at radius 2 is 1.46 bits per heavy atom. The molecule has 0 aromatic carbocycles. The lowest BCUT2D eigenvalue weighted by Gasteiger charge is -2.40.